The number of ether oxygens (including phenoxy) is 1. The first-order valence-electron chi connectivity index (χ1n) is 3.96. The molecule has 8 nitrogen and oxygen atoms in total. The van der Waals surface area contributed by atoms with E-state index in [2.05, 4.69) is 8.83 Å². The van der Waals surface area contributed by atoms with Gasteiger partial charge in [0.2, 0.25) is 0 Å². The third-order valence-corrected chi connectivity index (χ3v) is 3.26. The van der Waals surface area contributed by atoms with Crippen molar-refractivity contribution in [2.75, 3.05) is 13.2 Å². The predicted octanol–water partition coefficient (Wildman–Crippen LogP) is -1.43. The Kier molecular flexibility index (Phi) is 5.73. The lowest BCUT2D eigenvalue weighted by molar-refractivity contribution is -0.00202. The summed E-state index contributed by atoms with van der Waals surface area (Å²) in [7, 11) is -5.10. The molecule has 1 rings (SSSR count). The van der Waals surface area contributed by atoms with Crippen molar-refractivity contribution in [1.82, 2.24) is 0 Å². The highest BCUT2D eigenvalue weighted by molar-refractivity contribution is 7.54. The standard InChI is InChI=1S/C5H12O8P2/c6-3-1-11-4(5(3)7)2-12-15(10)13-14(8)9/h3-10H,1-2H2/t3-,4+,5-,15?/m0/s1. The van der Waals surface area contributed by atoms with Crippen molar-refractivity contribution in [1.29, 1.82) is 0 Å². The molecule has 90 valence electrons. The van der Waals surface area contributed by atoms with Crippen molar-refractivity contribution in [3.63, 3.8) is 0 Å². The van der Waals surface area contributed by atoms with Crippen molar-refractivity contribution in [3.8, 4) is 0 Å². The molecule has 0 radical (unpaired) electrons. The van der Waals surface area contributed by atoms with Crippen molar-refractivity contribution < 1.29 is 38.5 Å². The first-order valence-corrected chi connectivity index (χ1v) is 6.26. The van der Waals surface area contributed by atoms with Crippen LogP contribution >= 0.6 is 17.2 Å². The Morgan fingerprint density at radius 3 is 2.40 bits per heavy atom. The van der Waals surface area contributed by atoms with E-state index >= 15 is 0 Å². The van der Waals surface area contributed by atoms with Gasteiger partial charge in [0.1, 0.15) is 18.3 Å². The second-order valence-electron chi connectivity index (χ2n) is 2.80. The van der Waals surface area contributed by atoms with Crippen LogP contribution in [0.25, 0.3) is 0 Å². The Morgan fingerprint density at radius 1 is 1.27 bits per heavy atom. The van der Waals surface area contributed by atoms with E-state index in [1.165, 1.54) is 0 Å². The van der Waals surface area contributed by atoms with Gasteiger partial charge in [-0.25, -0.2) is 4.31 Å². The molecule has 0 bridgehead atoms. The molecule has 15 heavy (non-hydrogen) atoms. The fourth-order valence-corrected chi connectivity index (χ4v) is 2.00. The van der Waals surface area contributed by atoms with E-state index in [4.69, 9.17) is 24.5 Å². The van der Waals surface area contributed by atoms with E-state index < -0.39 is 35.5 Å². The lowest BCUT2D eigenvalue weighted by atomic mass is 10.2. The summed E-state index contributed by atoms with van der Waals surface area (Å²) in [5.74, 6) is 0. The Morgan fingerprint density at radius 2 is 1.93 bits per heavy atom. The topological polar surface area (TPSA) is 129 Å². The van der Waals surface area contributed by atoms with Crippen LogP contribution in [0.3, 0.4) is 0 Å². The summed E-state index contributed by atoms with van der Waals surface area (Å²) in [6.07, 6.45) is -2.82. The maximum Gasteiger partial charge on any atom is 0.337 e. The zero-order chi connectivity index (χ0) is 11.4. The van der Waals surface area contributed by atoms with Gasteiger partial charge in [-0.1, -0.05) is 0 Å². The Balaban J connectivity index is 2.19. The third kappa shape index (κ3) is 4.50. The number of aliphatic hydroxyl groups excluding tert-OH is 2. The van der Waals surface area contributed by atoms with E-state index in [0.29, 0.717) is 0 Å². The van der Waals surface area contributed by atoms with Gasteiger partial charge in [-0.05, 0) is 0 Å². The van der Waals surface area contributed by atoms with Gasteiger partial charge in [0.05, 0.1) is 13.2 Å². The summed E-state index contributed by atoms with van der Waals surface area (Å²) < 4.78 is 13.7. The monoisotopic (exact) mass is 262 g/mol. The molecule has 0 aliphatic carbocycles. The van der Waals surface area contributed by atoms with Crippen LogP contribution in [0, 0.1) is 0 Å². The van der Waals surface area contributed by atoms with Gasteiger partial charge in [-0.15, -0.1) is 0 Å². The molecule has 0 aromatic rings. The van der Waals surface area contributed by atoms with Gasteiger partial charge in [0.15, 0.2) is 0 Å². The molecule has 1 fully saturated rings. The van der Waals surface area contributed by atoms with Crippen LogP contribution in [0.5, 0.6) is 0 Å². The number of rotatable bonds is 5. The van der Waals surface area contributed by atoms with Crippen LogP contribution in [-0.2, 0) is 13.6 Å². The number of hydrogen-bond donors (Lipinski definition) is 5. The van der Waals surface area contributed by atoms with Gasteiger partial charge in [0.25, 0.3) is 0 Å². The van der Waals surface area contributed by atoms with Crippen LogP contribution in [0.1, 0.15) is 0 Å². The lowest BCUT2D eigenvalue weighted by Gasteiger charge is -2.16. The molecule has 1 aliphatic rings. The van der Waals surface area contributed by atoms with Gasteiger partial charge < -0.3 is 34.2 Å². The summed E-state index contributed by atoms with van der Waals surface area (Å²) >= 11 is 0. The first-order chi connectivity index (χ1) is 7.00. The van der Waals surface area contributed by atoms with Crippen LogP contribution in [0.2, 0.25) is 0 Å². The van der Waals surface area contributed by atoms with Crippen LogP contribution in [0.15, 0.2) is 0 Å². The molecule has 1 heterocycles. The molecule has 0 amide bonds. The molecule has 0 saturated carbocycles. The minimum Gasteiger partial charge on any atom is -0.388 e. The highest BCUT2D eigenvalue weighted by Gasteiger charge is 2.35. The third-order valence-electron chi connectivity index (χ3n) is 1.75. The average Bonchev–Trinajstić information content (AvgIpc) is 2.44. The Bertz CT molecular complexity index is 192. The fraction of sp³-hybridized carbons (Fsp3) is 1.00. The largest absolute Gasteiger partial charge is 0.388 e. The van der Waals surface area contributed by atoms with Crippen LogP contribution in [0.4, 0.5) is 0 Å². The van der Waals surface area contributed by atoms with Crippen LogP contribution in [-0.4, -0.2) is 56.4 Å². The fourth-order valence-electron chi connectivity index (χ4n) is 1.04. The number of hydrogen-bond acceptors (Lipinski definition) is 8. The molecule has 1 unspecified atom stereocenters. The molecule has 1 aliphatic heterocycles. The second-order valence-corrected chi connectivity index (χ2v) is 4.69. The highest BCUT2D eigenvalue weighted by Crippen LogP contribution is 2.46. The zero-order valence-corrected chi connectivity index (χ0v) is 9.29. The molecule has 0 aromatic heterocycles. The van der Waals surface area contributed by atoms with E-state index in [1.807, 2.05) is 0 Å². The van der Waals surface area contributed by atoms with Crippen molar-refractivity contribution in [3.05, 3.63) is 0 Å². The quantitative estimate of drug-likeness (QED) is 0.381. The van der Waals surface area contributed by atoms with E-state index in [0.717, 1.165) is 0 Å². The minimum atomic E-state index is -2.68. The second kappa shape index (κ2) is 6.32. The van der Waals surface area contributed by atoms with Gasteiger partial charge in [0, 0.05) is 0 Å². The Labute approximate surface area is 88.0 Å². The molecule has 10 heteroatoms. The SMILES string of the molecule is O[C@H]1[C@@H](O)CO[C@@H]1COP(O)OP(O)O. The van der Waals surface area contributed by atoms with Crippen molar-refractivity contribution >= 4 is 17.2 Å². The summed E-state index contributed by atoms with van der Waals surface area (Å²) in [4.78, 5) is 25.7. The van der Waals surface area contributed by atoms with Crippen molar-refractivity contribution in [2.24, 2.45) is 0 Å². The van der Waals surface area contributed by atoms with Gasteiger partial charge in [-0.3, -0.25) is 0 Å². The van der Waals surface area contributed by atoms with Gasteiger partial charge >= 0.3 is 17.2 Å². The minimum absolute atomic E-state index is 0.00782. The molecular weight excluding hydrogens is 250 g/mol. The van der Waals surface area contributed by atoms with E-state index in [-0.39, 0.29) is 13.2 Å². The molecule has 0 aromatic carbocycles. The average molecular weight is 262 g/mol. The number of aliphatic hydroxyl groups is 2. The summed E-state index contributed by atoms with van der Waals surface area (Å²) in [5.41, 5.74) is 0. The summed E-state index contributed by atoms with van der Waals surface area (Å²) in [5, 5.41) is 18.4. The lowest BCUT2D eigenvalue weighted by Crippen LogP contribution is -2.32. The van der Waals surface area contributed by atoms with E-state index in [1.54, 1.807) is 0 Å². The van der Waals surface area contributed by atoms with E-state index in [9.17, 15) is 5.11 Å². The van der Waals surface area contributed by atoms with Crippen molar-refractivity contribution in [2.45, 2.75) is 18.3 Å². The van der Waals surface area contributed by atoms with Gasteiger partial charge in [-0.2, -0.15) is 0 Å². The Hall–Kier alpha value is 0.540. The molecular formula is C5H12O8P2. The molecule has 1 saturated heterocycles. The smallest absolute Gasteiger partial charge is 0.337 e. The highest BCUT2D eigenvalue weighted by atomic mass is 31.2. The molecule has 4 atom stereocenters. The molecule has 5 N–H and O–H groups in total. The normalized spacial score (nSPS) is 33.6. The maximum absolute atomic E-state index is 9.29. The predicted molar refractivity (Wildman–Crippen MR) is 49.3 cm³/mol. The first kappa shape index (κ1) is 13.6. The zero-order valence-electron chi connectivity index (χ0n) is 7.50. The van der Waals surface area contributed by atoms with Crippen LogP contribution < -0.4 is 0 Å². The maximum atomic E-state index is 9.29. The molecule has 0 spiro atoms. The summed E-state index contributed by atoms with van der Waals surface area (Å²) in [6.45, 7) is -0.213. The summed E-state index contributed by atoms with van der Waals surface area (Å²) in [6, 6.07) is 0.